The molecule has 0 bridgehead atoms. The third-order valence-corrected chi connectivity index (χ3v) is 5.35. The van der Waals surface area contributed by atoms with Gasteiger partial charge in [-0.1, -0.05) is 48.5 Å². The van der Waals surface area contributed by atoms with Crippen LogP contribution in [0.1, 0.15) is 34.0 Å². The first kappa shape index (κ1) is 16.7. The van der Waals surface area contributed by atoms with Gasteiger partial charge in [0.1, 0.15) is 11.6 Å². The van der Waals surface area contributed by atoms with E-state index in [1.807, 2.05) is 36.4 Å². The molecule has 2 heterocycles. The predicted octanol–water partition coefficient (Wildman–Crippen LogP) is 5.13. The minimum atomic E-state index is -0.304. The Bertz CT molecular complexity index is 1210. The highest BCUT2D eigenvalue weighted by atomic mass is 19.1. The maximum atomic E-state index is 14.2. The highest BCUT2D eigenvalue weighted by Gasteiger charge is 2.32. The lowest BCUT2D eigenvalue weighted by Crippen LogP contribution is -2.22. The summed E-state index contributed by atoms with van der Waals surface area (Å²) in [4.78, 5) is 17.4. The Morgan fingerprint density at radius 3 is 2.57 bits per heavy atom. The molecule has 4 nitrogen and oxygen atoms in total. The Balaban J connectivity index is 1.62. The van der Waals surface area contributed by atoms with Crippen LogP contribution in [0.15, 0.2) is 65.1 Å². The average Bonchev–Trinajstić information content (AvgIpc) is 3.13. The molecule has 0 saturated heterocycles. The first-order valence-electron chi connectivity index (χ1n) is 9.16. The number of furan rings is 1. The number of anilines is 1. The molecule has 0 unspecified atom stereocenters. The van der Waals surface area contributed by atoms with Crippen molar-refractivity contribution in [2.75, 3.05) is 5.73 Å². The number of aromatic nitrogens is 1. The van der Waals surface area contributed by atoms with Crippen LogP contribution in [0, 0.1) is 5.82 Å². The van der Waals surface area contributed by atoms with Crippen molar-refractivity contribution in [3.05, 3.63) is 83.3 Å². The zero-order chi connectivity index (χ0) is 19.3. The van der Waals surface area contributed by atoms with Gasteiger partial charge in [0.05, 0.1) is 22.3 Å². The number of carbonyl (C=O) groups excluding carboxylic acids is 1. The number of halogens is 1. The summed E-state index contributed by atoms with van der Waals surface area (Å²) in [6.07, 6.45) is 0.665. The number of carbonyl (C=O) groups is 1. The molecule has 0 amide bonds. The molecule has 138 valence electrons. The Morgan fingerprint density at radius 2 is 1.79 bits per heavy atom. The largest absolute Gasteiger partial charge is 0.438 e. The predicted molar refractivity (Wildman–Crippen MR) is 106 cm³/mol. The summed E-state index contributed by atoms with van der Waals surface area (Å²) < 4.78 is 20.2. The summed E-state index contributed by atoms with van der Waals surface area (Å²) in [6, 6.07) is 18.0. The van der Waals surface area contributed by atoms with Crippen molar-refractivity contribution in [2.45, 2.75) is 18.8 Å². The molecule has 2 aromatic heterocycles. The first-order chi connectivity index (χ1) is 13.6. The third-order valence-electron chi connectivity index (χ3n) is 5.35. The second-order valence-electron chi connectivity index (χ2n) is 7.09. The monoisotopic (exact) mass is 372 g/mol. The van der Waals surface area contributed by atoms with E-state index in [4.69, 9.17) is 10.2 Å². The third kappa shape index (κ3) is 2.59. The van der Waals surface area contributed by atoms with Crippen LogP contribution in [-0.2, 0) is 6.42 Å². The van der Waals surface area contributed by atoms with E-state index >= 15 is 0 Å². The van der Waals surface area contributed by atoms with Gasteiger partial charge in [-0.15, -0.1) is 0 Å². The Kier molecular flexibility index (Phi) is 3.76. The van der Waals surface area contributed by atoms with Gasteiger partial charge in [0.25, 0.3) is 0 Å². The van der Waals surface area contributed by atoms with Crippen LogP contribution < -0.4 is 5.73 Å². The summed E-state index contributed by atoms with van der Waals surface area (Å²) in [5.74, 6) is -0.0182. The van der Waals surface area contributed by atoms with E-state index in [0.29, 0.717) is 45.8 Å². The number of fused-ring (bicyclic) bond motifs is 2. The zero-order valence-electron chi connectivity index (χ0n) is 15.0. The topological polar surface area (TPSA) is 69.1 Å². The van der Waals surface area contributed by atoms with Gasteiger partial charge in [-0.05, 0) is 30.0 Å². The van der Waals surface area contributed by atoms with Crippen molar-refractivity contribution in [3.8, 4) is 11.3 Å². The van der Waals surface area contributed by atoms with Crippen LogP contribution in [0.4, 0.5) is 10.1 Å². The van der Waals surface area contributed by atoms with Gasteiger partial charge in [0, 0.05) is 12.0 Å². The molecule has 0 radical (unpaired) electrons. The maximum Gasteiger partial charge on any atom is 0.229 e. The lowest BCUT2D eigenvalue weighted by molar-refractivity contribution is 0.0964. The van der Waals surface area contributed by atoms with Crippen LogP contribution in [0.5, 0.6) is 0 Å². The van der Waals surface area contributed by atoms with Crippen molar-refractivity contribution in [2.24, 2.45) is 0 Å². The number of benzene rings is 2. The van der Waals surface area contributed by atoms with E-state index in [0.717, 1.165) is 5.56 Å². The number of ketones is 1. The quantitative estimate of drug-likeness (QED) is 0.530. The zero-order valence-corrected chi connectivity index (χ0v) is 15.0. The SMILES string of the molecule is Nc1c2c(nc3oc(-c4ccccc4)cc13)C[C@H](c1ccccc1F)CC2=O. The fraction of sp³-hybridized carbons (Fsp3) is 0.130. The molecular formula is C23H17FN2O2. The van der Waals surface area contributed by atoms with E-state index in [1.54, 1.807) is 18.2 Å². The molecule has 5 heteroatoms. The molecular weight excluding hydrogens is 355 g/mol. The lowest BCUT2D eigenvalue weighted by Gasteiger charge is -2.24. The fourth-order valence-corrected chi connectivity index (χ4v) is 3.99. The number of nitrogens with two attached hydrogens (primary N) is 1. The number of pyridine rings is 1. The summed E-state index contributed by atoms with van der Waals surface area (Å²) in [5, 5.41) is 0.635. The molecule has 1 aliphatic rings. The molecule has 4 aromatic rings. The molecule has 0 aliphatic heterocycles. The van der Waals surface area contributed by atoms with Crippen molar-refractivity contribution < 1.29 is 13.6 Å². The second kappa shape index (κ2) is 6.30. The number of rotatable bonds is 2. The standard InChI is InChI=1S/C23H17FN2O2/c24-17-9-5-4-8-15(17)14-10-18-21(19(27)11-14)22(25)16-12-20(28-23(16)26-18)13-6-2-1-3-7-13/h1-9,12,14H,10-11H2,(H2,25,26)/t14-/m0/s1. The van der Waals surface area contributed by atoms with Crippen LogP contribution in [0.25, 0.3) is 22.4 Å². The Morgan fingerprint density at radius 1 is 1.04 bits per heavy atom. The van der Waals surface area contributed by atoms with E-state index in [1.165, 1.54) is 6.07 Å². The van der Waals surface area contributed by atoms with Crippen molar-refractivity contribution in [1.82, 2.24) is 4.98 Å². The molecule has 0 spiro atoms. The number of nitrogens with zero attached hydrogens (tertiary/aromatic N) is 1. The van der Waals surface area contributed by atoms with E-state index in [-0.39, 0.29) is 23.9 Å². The van der Waals surface area contributed by atoms with Crippen LogP contribution in [0.3, 0.4) is 0 Å². The Hall–Kier alpha value is -3.47. The molecule has 2 N–H and O–H groups in total. The van der Waals surface area contributed by atoms with Crippen molar-refractivity contribution >= 4 is 22.6 Å². The molecule has 0 saturated carbocycles. The fourth-order valence-electron chi connectivity index (χ4n) is 3.99. The molecule has 1 aliphatic carbocycles. The number of hydrogen-bond donors (Lipinski definition) is 1. The van der Waals surface area contributed by atoms with Gasteiger partial charge in [0.2, 0.25) is 5.71 Å². The van der Waals surface area contributed by atoms with Gasteiger partial charge in [0.15, 0.2) is 5.78 Å². The lowest BCUT2D eigenvalue weighted by atomic mass is 9.80. The Labute approximate surface area is 160 Å². The number of nitrogen functional groups attached to an aromatic ring is 1. The smallest absolute Gasteiger partial charge is 0.229 e. The van der Waals surface area contributed by atoms with Gasteiger partial charge in [-0.3, -0.25) is 4.79 Å². The van der Waals surface area contributed by atoms with Crippen LogP contribution >= 0.6 is 0 Å². The molecule has 1 atom stereocenters. The summed E-state index contributed by atoms with van der Waals surface area (Å²) in [7, 11) is 0. The molecule has 28 heavy (non-hydrogen) atoms. The first-order valence-corrected chi connectivity index (χ1v) is 9.16. The van der Waals surface area contributed by atoms with Crippen molar-refractivity contribution in [3.63, 3.8) is 0 Å². The van der Waals surface area contributed by atoms with E-state index < -0.39 is 0 Å². The summed E-state index contributed by atoms with van der Waals surface area (Å²) in [6.45, 7) is 0. The second-order valence-corrected chi connectivity index (χ2v) is 7.09. The van der Waals surface area contributed by atoms with E-state index in [9.17, 15) is 9.18 Å². The molecule has 5 rings (SSSR count). The van der Waals surface area contributed by atoms with Gasteiger partial charge in [-0.25, -0.2) is 9.37 Å². The van der Waals surface area contributed by atoms with Crippen molar-refractivity contribution in [1.29, 1.82) is 0 Å². The van der Waals surface area contributed by atoms with E-state index in [2.05, 4.69) is 4.98 Å². The van der Waals surface area contributed by atoms with Crippen LogP contribution in [-0.4, -0.2) is 10.8 Å². The van der Waals surface area contributed by atoms with Gasteiger partial charge >= 0.3 is 0 Å². The van der Waals surface area contributed by atoms with Gasteiger partial charge in [-0.2, -0.15) is 0 Å². The summed E-state index contributed by atoms with van der Waals surface area (Å²) >= 11 is 0. The highest BCUT2D eigenvalue weighted by Crippen LogP contribution is 2.39. The molecule has 0 fully saturated rings. The average molecular weight is 372 g/mol. The normalized spacial score (nSPS) is 16.3. The molecule has 2 aromatic carbocycles. The maximum absolute atomic E-state index is 14.2. The summed E-state index contributed by atoms with van der Waals surface area (Å²) in [5.41, 5.74) is 9.59. The minimum absolute atomic E-state index is 0.108. The highest BCUT2D eigenvalue weighted by molar-refractivity contribution is 6.09. The number of Topliss-reactive ketones (excluding diaryl/α,β-unsaturated/α-hetero) is 1. The minimum Gasteiger partial charge on any atom is -0.438 e. The van der Waals surface area contributed by atoms with Crippen LogP contribution in [0.2, 0.25) is 0 Å². The van der Waals surface area contributed by atoms with Gasteiger partial charge < -0.3 is 10.2 Å². The number of hydrogen-bond acceptors (Lipinski definition) is 4.